The summed E-state index contributed by atoms with van der Waals surface area (Å²) in [6, 6.07) is 10.5. The van der Waals surface area contributed by atoms with Gasteiger partial charge in [-0.05, 0) is 48.8 Å². The summed E-state index contributed by atoms with van der Waals surface area (Å²) in [5, 5.41) is 3.98. The minimum atomic E-state index is -4.36. The van der Waals surface area contributed by atoms with Gasteiger partial charge in [-0.2, -0.15) is 13.2 Å². The maximum absolute atomic E-state index is 12.7. The number of nitrogens with one attached hydrogen (secondary N) is 1. The molecule has 0 aliphatic heterocycles. The highest BCUT2D eigenvalue weighted by molar-refractivity contribution is 7.99. The second-order valence-corrected chi connectivity index (χ2v) is 8.07. The standard InChI is InChI=1S/C20H20Cl2F3NOS/c21-16-7-4-8-17(22)19(16)28-12-2-1-9-18(27)26-11-10-14-5-3-6-15(13-14)20(23,24)25/h3-8,13H,1-2,9-12H2,(H,26,27). The SMILES string of the molecule is O=C(CCCCSc1c(Cl)cccc1Cl)NCCc1cccc(C(F)(F)F)c1. The third-order valence-corrected chi connectivity index (χ3v) is 6.03. The van der Waals surface area contributed by atoms with Gasteiger partial charge < -0.3 is 5.32 Å². The maximum Gasteiger partial charge on any atom is 0.416 e. The van der Waals surface area contributed by atoms with Crippen LogP contribution in [-0.2, 0) is 17.4 Å². The first kappa shape index (κ1) is 22.9. The van der Waals surface area contributed by atoms with E-state index in [-0.39, 0.29) is 5.91 Å². The van der Waals surface area contributed by atoms with Gasteiger partial charge in [-0.15, -0.1) is 11.8 Å². The number of benzene rings is 2. The molecule has 0 aromatic heterocycles. The second kappa shape index (κ2) is 11.0. The van der Waals surface area contributed by atoms with Crippen molar-refractivity contribution in [2.75, 3.05) is 12.3 Å². The number of unbranched alkanes of at least 4 members (excludes halogenated alkanes) is 1. The summed E-state index contributed by atoms with van der Waals surface area (Å²) in [6.07, 6.45) is -2.08. The molecule has 0 spiro atoms. The molecule has 0 aliphatic carbocycles. The highest BCUT2D eigenvalue weighted by Gasteiger charge is 2.30. The molecule has 152 valence electrons. The summed E-state index contributed by atoms with van der Waals surface area (Å²) in [4.78, 5) is 12.7. The van der Waals surface area contributed by atoms with Gasteiger partial charge in [-0.1, -0.05) is 47.5 Å². The molecule has 0 aliphatic rings. The highest BCUT2D eigenvalue weighted by atomic mass is 35.5. The largest absolute Gasteiger partial charge is 0.416 e. The Bertz CT molecular complexity index is 779. The Labute approximate surface area is 176 Å². The molecule has 2 rings (SSSR count). The van der Waals surface area contributed by atoms with E-state index >= 15 is 0 Å². The molecule has 1 amide bonds. The number of amides is 1. The normalized spacial score (nSPS) is 11.5. The predicted molar refractivity (Wildman–Crippen MR) is 109 cm³/mol. The number of hydrogen-bond donors (Lipinski definition) is 1. The number of rotatable bonds is 9. The molecule has 28 heavy (non-hydrogen) atoms. The fourth-order valence-corrected chi connectivity index (χ4v) is 4.21. The summed E-state index contributed by atoms with van der Waals surface area (Å²) in [7, 11) is 0. The predicted octanol–water partition coefficient (Wildman–Crippen LogP) is 6.63. The molecule has 1 N–H and O–H groups in total. The van der Waals surface area contributed by atoms with Gasteiger partial charge in [-0.25, -0.2) is 0 Å². The molecule has 2 aromatic rings. The summed E-state index contributed by atoms with van der Waals surface area (Å²) >= 11 is 13.8. The molecule has 0 radical (unpaired) electrons. The zero-order chi connectivity index (χ0) is 20.6. The van der Waals surface area contributed by atoms with Crippen LogP contribution in [0.4, 0.5) is 13.2 Å². The van der Waals surface area contributed by atoms with E-state index in [9.17, 15) is 18.0 Å². The zero-order valence-corrected chi connectivity index (χ0v) is 17.3. The zero-order valence-electron chi connectivity index (χ0n) is 15.0. The monoisotopic (exact) mass is 449 g/mol. The van der Waals surface area contributed by atoms with Crippen molar-refractivity contribution in [2.24, 2.45) is 0 Å². The first-order valence-corrected chi connectivity index (χ1v) is 10.5. The van der Waals surface area contributed by atoms with Gasteiger partial charge in [0.1, 0.15) is 0 Å². The molecule has 0 unspecified atom stereocenters. The lowest BCUT2D eigenvalue weighted by Gasteiger charge is -2.09. The van der Waals surface area contributed by atoms with E-state index in [4.69, 9.17) is 23.2 Å². The molecular formula is C20H20Cl2F3NOS. The van der Waals surface area contributed by atoms with Crippen molar-refractivity contribution in [3.63, 3.8) is 0 Å². The van der Waals surface area contributed by atoms with E-state index in [1.165, 1.54) is 6.07 Å². The van der Waals surface area contributed by atoms with Crippen LogP contribution in [0, 0.1) is 0 Å². The highest BCUT2D eigenvalue weighted by Crippen LogP contribution is 2.34. The number of halogens is 5. The van der Waals surface area contributed by atoms with Crippen molar-refractivity contribution in [1.82, 2.24) is 5.32 Å². The fraction of sp³-hybridized carbons (Fsp3) is 0.350. The second-order valence-electron chi connectivity index (χ2n) is 6.15. The van der Waals surface area contributed by atoms with Gasteiger partial charge in [0.25, 0.3) is 0 Å². The average Bonchev–Trinajstić information content (AvgIpc) is 2.63. The van der Waals surface area contributed by atoms with Gasteiger partial charge in [0, 0.05) is 17.9 Å². The van der Waals surface area contributed by atoms with Gasteiger partial charge in [0.2, 0.25) is 5.91 Å². The van der Waals surface area contributed by atoms with Crippen LogP contribution in [0.3, 0.4) is 0 Å². The van der Waals surface area contributed by atoms with Crippen molar-refractivity contribution in [3.05, 3.63) is 63.6 Å². The average molecular weight is 450 g/mol. The van der Waals surface area contributed by atoms with Crippen molar-refractivity contribution in [1.29, 1.82) is 0 Å². The molecule has 0 heterocycles. The van der Waals surface area contributed by atoms with Crippen molar-refractivity contribution in [3.8, 4) is 0 Å². The Morgan fingerprint density at radius 1 is 1.04 bits per heavy atom. The number of hydrogen-bond acceptors (Lipinski definition) is 2. The molecule has 0 bridgehead atoms. The summed E-state index contributed by atoms with van der Waals surface area (Å²) < 4.78 is 38.1. The quantitative estimate of drug-likeness (QED) is 0.343. The molecule has 2 nitrogen and oxygen atoms in total. The Hall–Kier alpha value is -1.37. The minimum absolute atomic E-state index is 0.104. The molecule has 0 atom stereocenters. The molecule has 8 heteroatoms. The molecule has 0 saturated carbocycles. The number of carbonyl (C=O) groups is 1. The van der Waals surface area contributed by atoms with Gasteiger partial charge >= 0.3 is 6.18 Å². The van der Waals surface area contributed by atoms with E-state index in [1.807, 2.05) is 0 Å². The third kappa shape index (κ3) is 7.57. The van der Waals surface area contributed by atoms with Crippen molar-refractivity contribution in [2.45, 2.75) is 36.8 Å². The van der Waals surface area contributed by atoms with E-state index in [0.29, 0.717) is 41.4 Å². The molecular weight excluding hydrogens is 430 g/mol. The lowest BCUT2D eigenvalue weighted by molar-refractivity contribution is -0.137. The van der Waals surface area contributed by atoms with Crippen LogP contribution in [0.1, 0.15) is 30.4 Å². The van der Waals surface area contributed by atoms with E-state index in [1.54, 1.807) is 36.0 Å². The summed E-state index contributed by atoms with van der Waals surface area (Å²) in [5.74, 6) is 0.689. The fourth-order valence-electron chi connectivity index (χ4n) is 2.52. The van der Waals surface area contributed by atoms with Gasteiger partial charge in [-0.3, -0.25) is 4.79 Å². The summed E-state index contributed by atoms with van der Waals surface area (Å²) in [6.45, 7) is 0.310. The summed E-state index contributed by atoms with van der Waals surface area (Å²) in [5.41, 5.74) is -0.129. The Kier molecular flexibility index (Phi) is 8.99. The minimum Gasteiger partial charge on any atom is -0.356 e. The van der Waals surface area contributed by atoms with Crippen LogP contribution in [0.5, 0.6) is 0 Å². The lowest BCUT2D eigenvalue weighted by Crippen LogP contribution is -2.25. The third-order valence-electron chi connectivity index (χ3n) is 3.95. The van der Waals surface area contributed by atoms with Gasteiger partial charge in [0.15, 0.2) is 0 Å². The van der Waals surface area contributed by atoms with E-state index in [2.05, 4.69) is 5.32 Å². The first-order valence-electron chi connectivity index (χ1n) is 8.77. The van der Waals surface area contributed by atoms with Crippen LogP contribution < -0.4 is 5.32 Å². The van der Waals surface area contributed by atoms with Crippen LogP contribution in [0.25, 0.3) is 0 Å². The lowest BCUT2D eigenvalue weighted by atomic mass is 10.1. The van der Waals surface area contributed by atoms with Crippen LogP contribution in [-0.4, -0.2) is 18.2 Å². The Morgan fingerprint density at radius 3 is 2.39 bits per heavy atom. The van der Waals surface area contributed by atoms with Crippen molar-refractivity contribution >= 4 is 40.9 Å². The molecule has 0 fully saturated rings. The molecule has 0 saturated heterocycles. The van der Waals surface area contributed by atoms with Crippen LogP contribution >= 0.6 is 35.0 Å². The topological polar surface area (TPSA) is 29.1 Å². The first-order chi connectivity index (χ1) is 13.3. The molecule has 2 aromatic carbocycles. The smallest absolute Gasteiger partial charge is 0.356 e. The van der Waals surface area contributed by atoms with Crippen LogP contribution in [0.15, 0.2) is 47.4 Å². The number of carbonyl (C=O) groups excluding carboxylic acids is 1. The number of alkyl halides is 3. The Morgan fingerprint density at radius 2 is 1.71 bits per heavy atom. The maximum atomic E-state index is 12.7. The van der Waals surface area contributed by atoms with Gasteiger partial charge in [0.05, 0.1) is 15.6 Å². The van der Waals surface area contributed by atoms with E-state index in [0.717, 1.165) is 29.2 Å². The van der Waals surface area contributed by atoms with E-state index < -0.39 is 11.7 Å². The van der Waals surface area contributed by atoms with Crippen molar-refractivity contribution < 1.29 is 18.0 Å². The van der Waals surface area contributed by atoms with Crippen LogP contribution in [0.2, 0.25) is 10.0 Å². The number of thioether (sulfide) groups is 1. The Balaban J connectivity index is 1.63.